The van der Waals surface area contributed by atoms with E-state index in [1.807, 2.05) is 0 Å². The van der Waals surface area contributed by atoms with Crippen LogP contribution in [0, 0.1) is 17.2 Å². The van der Waals surface area contributed by atoms with Gasteiger partial charge in [-0.25, -0.2) is 0 Å². The molecule has 31 heavy (non-hydrogen) atoms. The summed E-state index contributed by atoms with van der Waals surface area (Å²) >= 11 is 0. The van der Waals surface area contributed by atoms with Gasteiger partial charge in [-0.1, -0.05) is 91.0 Å². The predicted octanol–water partition coefficient (Wildman–Crippen LogP) is 6.22. The summed E-state index contributed by atoms with van der Waals surface area (Å²) in [5, 5.41) is 10.2. The van der Waals surface area contributed by atoms with E-state index in [2.05, 4.69) is 97.1 Å². The molecule has 5 atom stereocenters. The summed E-state index contributed by atoms with van der Waals surface area (Å²) in [5.74, 6) is 0.392. The molecule has 0 amide bonds. The van der Waals surface area contributed by atoms with Crippen LogP contribution in [-0.2, 0) is 10.2 Å². The van der Waals surface area contributed by atoms with Crippen LogP contribution in [0.2, 0.25) is 0 Å². The standard InChI is InChI=1S/C29H25NO/c30-19-24-23-13-7-8-14-26(23)29-25(21-11-5-2-6-12-21)16-15-22(20-9-3-1-4-10-20)27(29)17-18-31-28(24)29/h1-15,24-25,27-28H,16-18H2/t24-,25-,27-,28-,29-/m0/s1. The Bertz CT molecular complexity index is 1180. The molecule has 0 saturated carbocycles. The summed E-state index contributed by atoms with van der Waals surface area (Å²) in [6.07, 6.45) is 4.28. The van der Waals surface area contributed by atoms with Crippen LogP contribution in [0.5, 0.6) is 0 Å². The molecule has 2 aliphatic carbocycles. The third-order valence-corrected chi connectivity index (χ3v) is 7.79. The van der Waals surface area contributed by atoms with Crippen LogP contribution in [0.4, 0.5) is 0 Å². The van der Waals surface area contributed by atoms with Crippen molar-refractivity contribution in [2.24, 2.45) is 5.92 Å². The third kappa shape index (κ3) is 2.54. The van der Waals surface area contributed by atoms with Crippen molar-refractivity contribution in [2.75, 3.05) is 6.61 Å². The fraction of sp³-hybridized carbons (Fsp3) is 0.276. The lowest BCUT2D eigenvalue weighted by Crippen LogP contribution is -2.55. The minimum Gasteiger partial charge on any atom is -0.375 e. The number of ether oxygens (including phenoxy) is 1. The maximum absolute atomic E-state index is 10.2. The maximum Gasteiger partial charge on any atom is 0.0986 e. The first-order valence-electron chi connectivity index (χ1n) is 11.3. The van der Waals surface area contributed by atoms with Crippen molar-refractivity contribution in [3.05, 3.63) is 113 Å². The molecule has 152 valence electrons. The monoisotopic (exact) mass is 403 g/mol. The molecule has 1 fully saturated rings. The van der Waals surface area contributed by atoms with Gasteiger partial charge in [0.25, 0.3) is 0 Å². The minimum absolute atomic E-state index is 0.119. The van der Waals surface area contributed by atoms with Gasteiger partial charge in [-0.3, -0.25) is 0 Å². The minimum atomic E-state index is -0.226. The van der Waals surface area contributed by atoms with Crippen molar-refractivity contribution in [3.63, 3.8) is 0 Å². The van der Waals surface area contributed by atoms with Gasteiger partial charge in [-0.2, -0.15) is 5.26 Å². The average Bonchev–Trinajstić information content (AvgIpc) is 3.14. The summed E-state index contributed by atoms with van der Waals surface area (Å²) in [6.45, 7) is 0.703. The number of rotatable bonds is 2. The van der Waals surface area contributed by atoms with Gasteiger partial charge in [-0.15, -0.1) is 0 Å². The van der Waals surface area contributed by atoms with Crippen molar-refractivity contribution in [1.29, 1.82) is 5.26 Å². The lowest BCUT2D eigenvalue weighted by atomic mass is 9.52. The van der Waals surface area contributed by atoms with Crippen LogP contribution in [0.1, 0.15) is 46.9 Å². The molecule has 0 radical (unpaired) electrons. The number of allylic oxidation sites excluding steroid dienone is 2. The summed E-state index contributed by atoms with van der Waals surface area (Å²) in [7, 11) is 0. The van der Waals surface area contributed by atoms with E-state index in [-0.39, 0.29) is 23.4 Å². The number of hydrogen-bond acceptors (Lipinski definition) is 2. The molecule has 1 heterocycles. The number of hydrogen-bond donors (Lipinski definition) is 0. The molecule has 6 rings (SSSR count). The number of fused-ring (bicyclic) bond motifs is 1. The molecule has 0 N–H and O–H groups in total. The Balaban J connectivity index is 1.64. The zero-order chi connectivity index (χ0) is 20.8. The van der Waals surface area contributed by atoms with Crippen LogP contribution >= 0.6 is 0 Å². The van der Waals surface area contributed by atoms with E-state index >= 15 is 0 Å². The van der Waals surface area contributed by atoms with Gasteiger partial charge in [-0.05, 0) is 46.6 Å². The van der Waals surface area contributed by atoms with Crippen LogP contribution < -0.4 is 0 Å². The Morgan fingerprint density at radius 3 is 2.32 bits per heavy atom. The van der Waals surface area contributed by atoms with E-state index in [1.165, 1.54) is 22.3 Å². The van der Waals surface area contributed by atoms with Gasteiger partial charge in [0.15, 0.2) is 0 Å². The summed E-state index contributed by atoms with van der Waals surface area (Å²) in [4.78, 5) is 0. The summed E-state index contributed by atoms with van der Waals surface area (Å²) < 4.78 is 6.53. The summed E-state index contributed by atoms with van der Waals surface area (Å²) in [6, 6.07) is 32.9. The molecule has 3 aliphatic rings. The van der Waals surface area contributed by atoms with Gasteiger partial charge >= 0.3 is 0 Å². The molecule has 1 saturated heterocycles. The first-order chi connectivity index (χ1) is 15.4. The van der Waals surface area contributed by atoms with Gasteiger partial charge in [0.2, 0.25) is 0 Å². The fourth-order valence-electron chi connectivity index (χ4n) is 6.73. The van der Waals surface area contributed by atoms with Crippen LogP contribution in [-0.4, -0.2) is 12.7 Å². The Morgan fingerprint density at radius 2 is 1.55 bits per heavy atom. The van der Waals surface area contributed by atoms with Crippen molar-refractivity contribution in [3.8, 4) is 6.07 Å². The average molecular weight is 404 g/mol. The topological polar surface area (TPSA) is 33.0 Å². The molecule has 1 spiro atoms. The first-order valence-corrected chi connectivity index (χ1v) is 11.3. The lowest BCUT2D eigenvalue weighted by molar-refractivity contribution is -0.0720. The molecule has 2 nitrogen and oxygen atoms in total. The molecule has 3 aromatic rings. The van der Waals surface area contributed by atoms with Gasteiger partial charge in [0.05, 0.1) is 18.1 Å². The second kappa shape index (κ2) is 7.22. The van der Waals surface area contributed by atoms with E-state index in [4.69, 9.17) is 4.74 Å². The summed E-state index contributed by atoms with van der Waals surface area (Å²) in [5.41, 5.74) is 6.34. The van der Waals surface area contributed by atoms with E-state index < -0.39 is 0 Å². The van der Waals surface area contributed by atoms with Crippen molar-refractivity contribution >= 4 is 5.57 Å². The number of nitrogens with zero attached hydrogens (tertiary/aromatic N) is 1. The highest BCUT2D eigenvalue weighted by Crippen LogP contribution is 2.65. The van der Waals surface area contributed by atoms with E-state index in [0.29, 0.717) is 12.5 Å². The van der Waals surface area contributed by atoms with Crippen LogP contribution in [0.3, 0.4) is 0 Å². The quantitative estimate of drug-likeness (QED) is 0.509. The normalized spacial score (nSPS) is 31.0. The molecule has 0 bridgehead atoms. The van der Waals surface area contributed by atoms with Gasteiger partial charge in [0.1, 0.15) is 0 Å². The molecular weight excluding hydrogens is 378 g/mol. The first kappa shape index (κ1) is 18.6. The highest BCUT2D eigenvalue weighted by molar-refractivity contribution is 5.73. The van der Waals surface area contributed by atoms with E-state index in [9.17, 15) is 5.26 Å². The number of benzene rings is 3. The van der Waals surface area contributed by atoms with Gasteiger partial charge < -0.3 is 4.74 Å². The molecule has 0 unspecified atom stereocenters. The van der Waals surface area contributed by atoms with Crippen LogP contribution in [0.15, 0.2) is 91.0 Å². The fourth-order valence-corrected chi connectivity index (χ4v) is 6.73. The highest BCUT2D eigenvalue weighted by atomic mass is 16.5. The Hall–Kier alpha value is -3.15. The molecule has 1 aliphatic heterocycles. The maximum atomic E-state index is 10.2. The zero-order valence-corrected chi connectivity index (χ0v) is 17.4. The van der Waals surface area contributed by atoms with Crippen molar-refractivity contribution in [2.45, 2.75) is 36.2 Å². The second-order valence-corrected chi connectivity index (χ2v) is 8.98. The van der Waals surface area contributed by atoms with E-state index in [0.717, 1.165) is 18.4 Å². The van der Waals surface area contributed by atoms with Crippen LogP contribution in [0.25, 0.3) is 5.57 Å². The largest absolute Gasteiger partial charge is 0.375 e. The molecular formula is C29H25NO. The second-order valence-electron chi connectivity index (χ2n) is 8.98. The Morgan fingerprint density at radius 1 is 0.839 bits per heavy atom. The smallest absolute Gasteiger partial charge is 0.0986 e. The van der Waals surface area contributed by atoms with Gasteiger partial charge in [0, 0.05) is 17.9 Å². The number of nitriles is 1. The zero-order valence-electron chi connectivity index (χ0n) is 17.4. The van der Waals surface area contributed by atoms with Crippen molar-refractivity contribution in [1.82, 2.24) is 0 Å². The third-order valence-electron chi connectivity index (χ3n) is 7.79. The highest BCUT2D eigenvalue weighted by Gasteiger charge is 2.64. The lowest BCUT2D eigenvalue weighted by Gasteiger charge is -2.54. The van der Waals surface area contributed by atoms with Crippen molar-refractivity contribution < 1.29 is 4.74 Å². The van der Waals surface area contributed by atoms with E-state index in [1.54, 1.807) is 0 Å². The predicted molar refractivity (Wildman–Crippen MR) is 123 cm³/mol. The SMILES string of the molecule is N#C[C@H]1c2ccccc2[C@@]23[C@@H](CCO[C@@H]12)C(c1ccccc1)=CC[C@H]3c1ccccc1. The molecule has 2 heteroatoms. The molecule has 3 aromatic carbocycles. The Labute approximate surface area is 183 Å². The Kier molecular flexibility index (Phi) is 4.33. The molecule has 0 aromatic heterocycles.